The van der Waals surface area contributed by atoms with Crippen molar-refractivity contribution in [2.24, 2.45) is 5.92 Å². The molecule has 4 heteroatoms. The van der Waals surface area contributed by atoms with Gasteiger partial charge in [0, 0.05) is 11.6 Å². The van der Waals surface area contributed by atoms with E-state index in [1.165, 1.54) is 0 Å². The molecule has 0 saturated carbocycles. The van der Waals surface area contributed by atoms with Gasteiger partial charge in [0.1, 0.15) is 6.10 Å². The van der Waals surface area contributed by atoms with Crippen LogP contribution in [0.15, 0.2) is 24.3 Å². The number of ether oxygens (including phenoxy) is 2. The summed E-state index contributed by atoms with van der Waals surface area (Å²) in [5.41, 5.74) is 0.463. The lowest BCUT2D eigenvalue weighted by atomic mass is 10.1. The molecule has 1 aromatic carbocycles. The summed E-state index contributed by atoms with van der Waals surface area (Å²) in [7, 11) is 0. The maximum absolute atomic E-state index is 11.9. The van der Waals surface area contributed by atoms with Crippen LogP contribution in [0.1, 0.15) is 31.1 Å². The molecule has 100 valence electrons. The van der Waals surface area contributed by atoms with Crippen molar-refractivity contribution in [3.8, 4) is 0 Å². The van der Waals surface area contributed by atoms with E-state index < -0.39 is 0 Å². The van der Waals surface area contributed by atoms with Crippen LogP contribution in [0.2, 0.25) is 5.02 Å². The third-order valence-electron chi connectivity index (χ3n) is 2.55. The highest BCUT2D eigenvalue weighted by Gasteiger charge is 2.19. The van der Waals surface area contributed by atoms with Crippen LogP contribution in [-0.2, 0) is 9.47 Å². The number of carbonyl (C=O) groups excluding carboxylic acids is 1. The number of benzene rings is 1. The molecule has 0 amide bonds. The van der Waals surface area contributed by atoms with Gasteiger partial charge in [-0.3, -0.25) is 0 Å². The zero-order chi connectivity index (χ0) is 13.5. The topological polar surface area (TPSA) is 35.5 Å². The molecule has 0 radical (unpaired) electrons. The van der Waals surface area contributed by atoms with E-state index in [4.69, 9.17) is 21.1 Å². The predicted molar refractivity (Wildman–Crippen MR) is 72.0 cm³/mol. The van der Waals surface area contributed by atoms with Crippen molar-refractivity contribution in [3.05, 3.63) is 34.9 Å². The van der Waals surface area contributed by atoms with Gasteiger partial charge >= 0.3 is 5.97 Å². The van der Waals surface area contributed by atoms with Gasteiger partial charge in [-0.15, -0.1) is 0 Å². The standard InChI is InChI=1S/C14H19ClO3/c1-4-17-9-13(10(2)3)18-14(16)11-6-5-7-12(15)8-11/h5-8,10,13H,4,9H2,1-3H3. The molecule has 0 N–H and O–H groups in total. The Kier molecular flexibility index (Phi) is 6.16. The lowest BCUT2D eigenvalue weighted by molar-refractivity contribution is -0.0183. The van der Waals surface area contributed by atoms with E-state index >= 15 is 0 Å². The maximum atomic E-state index is 11.9. The van der Waals surface area contributed by atoms with E-state index in [9.17, 15) is 4.79 Å². The van der Waals surface area contributed by atoms with Crippen molar-refractivity contribution in [2.75, 3.05) is 13.2 Å². The highest BCUT2D eigenvalue weighted by atomic mass is 35.5. The Morgan fingerprint density at radius 2 is 2.11 bits per heavy atom. The quantitative estimate of drug-likeness (QED) is 0.742. The fourth-order valence-corrected chi connectivity index (χ4v) is 1.61. The number of hydrogen-bond acceptors (Lipinski definition) is 3. The van der Waals surface area contributed by atoms with E-state index in [-0.39, 0.29) is 18.0 Å². The predicted octanol–water partition coefficient (Wildman–Crippen LogP) is 3.56. The number of carbonyl (C=O) groups is 1. The smallest absolute Gasteiger partial charge is 0.338 e. The van der Waals surface area contributed by atoms with Crippen LogP contribution in [0.5, 0.6) is 0 Å². The molecule has 1 aromatic rings. The zero-order valence-corrected chi connectivity index (χ0v) is 11.7. The molecule has 0 spiro atoms. The van der Waals surface area contributed by atoms with E-state index in [2.05, 4.69) is 0 Å². The minimum Gasteiger partial charge on any atom is -0.456 e. The molecule has 0 heterocycles. The Morgan fingerprint density at radius 3 is 2.67 bits per heavy atom. The van der Waals surface area contributed by atoms with E-state index in [1.54, 1.807) is 24.3 Å². The zero-order valence-electron chi connectivity index (χ0n) is 11.0. The Bertz CT molecular complexity index is 390. The first kappa shape index (κ1) is 15.0. The monoisotopic (exact) mass is 270 g/mol. The fraction of sp³-hybridized carbons (Fsp3) is 0.500. The van der Waals surface area contributed by atoms with Gasteiger partial charge in [-0.25, -0.2) is 4.79 Å². The van der Waals surface area contributed by atoms with Gasteiger partial charge in [-0.1, -0.05) is 31.5 Å². The largest absolute Gasteiger partial charge is 0.456 e. The minimum absolute atomic E-state index is 0.208. The SMILES string of the molecule is CCOCC(OC(=O)c1cccc(Cl)c1)C(C)C. The minimum atomic E-state index is -0.365. The Morgan fingerprint density at radius 1 is 1.39 bits per heavy atom. The molecular formula is C14H19ClO3. The van der Waals surface area contributed by atoms with Gasteiger partial charge in [0.15, 0.2) is 0 Å². The van der Waals surface area contributed by atoms with Crippen LogP contribution >= 0.6 is 11.6 Å². The van der Waals surface area contributed by atoms with Gasteiger partial charge in [-0.2, -0.15) is 0 Å². The molecule has 0 bridgehead atoms. The van der Waals surface area contributed by atoms with Crippen LogP contribution in [-0.4, -0.2) is 25.3 Å². The lowest BCUT2D eigenvalue weighted by Gasteiger charge is -2.21. The van der Waals surface area contributed by atoms with Crippen molar-refractivity contribution in [1.82, 2.24) is 0 Å². The van der Waals surface area contributed by atoms with Gasteiger partial charge in [0.25, 0.3) is 0 Å². The van der Waals surface area contributed by atoms with Gasteiger partial charge in [-0.05, 0) is 31.0 Å². The Labute approximate surface area is 113 Å². The summed E-state index contributed by atoms with van der Waals surface area (Å²) in [5.74, 6) is -0.157. The Hall–Kier alpha value is -1.06. The van der Waals surface area contributed by atoms with Crippen LogP contribution in [0.3, 0.4) is 0 Å². The van der Waals surface area contributed by atoms with Gasteiger partial charge in [0.05, 0.1) is 12.2 Å². The molecule has 0 aliphatic rings. The molecule has 0 fully saturated rings. The molecule has 0 saturated heterocycles. The number of esters is 1. The second kappa shape index (κ2) is 7.39. The highest BCUT2D eigenvalue weighted by molar-refractivity contribution is 6.30. The second-order valence-electron chi connectivity index (χ2n) is 4.36. The second-order valence-corrected chi connectivity index (χ2v) is 4.79. The number of hydrogen-bond donors (Lipinski definition) is 0. The molecule has 3 nitrogen and oxygen atoms in total. The summed E-state index contributed by atoms with van der Waals surface area (Å²) >= 11 is 5.84. The molecule has 0 aromatic heterocycles. The first-order chi connectivity index (χ1) is 8.54. The maximum Gasteiger partial charge on any atom is 0.338 e. The summed E-state index contributed by atoms with van der Waals surface area (Å²) < 4.78 is 10.7. The third-order valence-corrected chi connectivity index (χ3v) is 2.78. The van der Waals surface area contributed by atoms with E-state index in [1.807, 2.05) is 20.8 Å². The third kappa shape index (κ3) is 4.67. The van der Waals surface area contributed by atoms with Crippen molar-refractivity contribution >= 4 is 17.6 Å². The lowest BCUT2D eigenvalue weighted by Crippen LogP contribution is -2.28. The molecular weight excluding hydrogens is 252 g/mol. The Balaban J connectivity index is 2.66. The van der Waals surface area contributed by atoms with Crippen LogP contribution in [0, 0.1) is 5.92 Å². The number of halogens is 1. The van der Waals surface area contributed by atoms with Crippen LogP contribution in [0.4, 0.5) is 0 Å². The van der Waals surface area contributed by atoms with Crippen molar-refractivity contribution < 1.29 is 14.3 Å². The molecule has 1 atom stereocenters. The van der Waals surface area contributed by atoms with Crippen molar-refractivity contribution in [1.29, 1.82) is 0 Å². The summed E-state index contributed by atoms with van der Waals surface area (Å²) in [6.45, 7) is 6.93. The molecule has 1 unspecified atom stereocenters. The van der Waals surface area contributed by atoms with Crippen molar-refractivity contribution in [3.63, 3.8) is 0 Å². The summed E-state index contributed by atoms with van der Waals surface area (Å²) in [4.78, 5) is 11.9. The summed E-state index contributed by atoms with van der Waals surface area (Å²) in [5, 5.41) is 0.523. The van der Waals surface area contributed by atoms with Gasteiger partial charge in [0.2, 0.25) is 0 Å². The molecule has 0 aliphatic heterocycles. The van der Waals surface area contributed by atoms with Gasteiger partial charge < -0.3 is 9.47 Å². The molecule has 0 aliphatic carbocycles. The normalized spacial score (nSPS) is 12.5. The number of rotatable bonds is 6. The average molecular weight is 271 g/mol. The van der Waals surface area contributed by atoms with Crippen LogP contribution < -0.4 is 0 Å². The molecule has 18 heavy (non-hydrogen) atoms. The van der Waals surface area contributed by atoms with E-state index in [0.29, 0.717) is 23.8 Å². The van der Waals surface area contributed by atoms with Crippen LogP contribution in [0.25, 0.3) is 0 Å². The molecule has 1 rings (SSSR count). The fourth-order valence-electron chi connectivity index (χ4n) is 1.42. The van der Waals surface area contributed by atoms with E-state index in [0.717, 1.165) is 0 Å². The summed E-state index contributed by atoms with van der Waals surface area (Å²) in [6.07, 6.45) is -0.239. The highest BCUT2D eigenvalue weighted by Crippen LogP contribution is 2.15. The first-order valence-corrected chi connectivity index (χ1v) is 6.46. The summed E-state index contributed by atoms with van der Waals surface area (Å²) in [6, 6.07) is 6.73. The average Bonchev–Trinajstić information content (AvgIpc) is 2.33. The first-order valence-electron chi connectivity index (χ1n) is 6.09. The van der Waals surface area contributed by atoms with Crippen molar-refractivity contribution in [2.45, 2.75) is 26.9 Å².